The van der Waals surface area contributed by atoms with Crippen molar-refractivity contribution in [1.82, 2.24) is 0 Å². The van der Waals surface area contributed by atoms with Crippen LogP contribution >= 0.6 is 23.4 Å². The van der Waals surface area contributed by atoms with E-state index in [1.807, 2.05) is 49.4 Å². The number of hydrogen-bond donors (Lipinski definition) is 2. The first-order chi connectivity index (χ1) is 8.58. The number of nitrogen functional groups attached to an aromatic ring is 1. The molecule has 0 aliphatic rings. The third-order valence-corrected chi connectivity index (χ3v) is 4.06. The molecule has 0 saturated carbocycles. The predicted octanol–water partition coefficient (Wildman–Crippen LogP) is 4.08. The number of hydrogen-bond acceptors (Lipinski definition) is 2. The monoisotopic (exact) mass is 276 g/mol. The van der Waals surface area contributed by atoms with E-state index in [-0.39, 0.29) is 5.84 Å². The minimum atomic E-state index is 0.0737. The molecular formula is C14H13ClN2S. The third kappa shape index (κ3) is 2.86. The van der Waals surface area contributed by atoms with Gasteiger partial charge in [0.25, 0.3) is 0 Å². The molecule has 3 N–H and O–H groups in total. The normalized spacial score (nSPS) is 10.3. The lowest BCUT2D eigenvalue weighted by Crippen LogP contribution is -2.12. The molecule has 0 spiro atoms. The molecule has 0 atom stereocenters. The second-order valence-corrected chi connectivity index (χ2v) is 5.44. The minimum absolute atomic E-state index is 0.0737. The zero-order chi connectivity index (χ0) is 13.1. The summed E-state index contributed by atoms with van der Waals surface area (Å²) in [5, 5.41) is 8.30. The van der Waals surface area contributed by atoms with E-state index < -0.39 is 0 Å². The smallest absolute Gasteiger partial charge is 0.123 e. The minimum Gasteiger partial charge on any atom is -0.384 e. The number of benzene rings is 2. The Morgan fingerprint density at radius 2 is 1.89 bits per heavy atom. The summed E-state index contributed by atoms with van der Waals surface area (Å²) in [5.74, 6) is 0.0737. The van der Waals surface area contributed by atoms with Gasteiger partial charge >= 0.3 is 0 Å². The van der Waals surface area contributed by atoms with Crippen LogP contribution < -0.4 is 5.73 Å². The van der Waals surface area contributed by atoms with Gasteiger partial charge in [-0.05, 0) is 36.8 Å². The molecule has 0 radical (unpaired) electrons. The van der Waals surface area contributed by atoms with Crippen molar-refractivity contribution < 1.29 is 0 Å². The lowest BCUT2D eigenvalue weighted by atomic mass is 10.1. The fourth-order valence-electron chi connectivity index (χ4n) is 1.58. The van der Waals surface area contributed by atoms with Crippen molar-refractivity contribution in [3.05, 3.63) is 58.6 Å². The van der Waals surface area contributed by atoms with Gasteiger partial charge in [0, 0.05) is 15.4 Å². The van der Waals surface area contributed by atoms with Crippen molar-refractivity contribution in [2.75, 3.05) is 0 Å². The second kappa shape index (κ2) is 5.46. The standard InChI is InChI=1S/C14H13ClN2S/c1-9-6-7-10(14(16)17)13(8-9)18-12-5-3-2-4-11(12)15/h2-8H,1H3,(H3,16,17). The zero-order valence-corrected chi connectivity index (χ0v) is 11.5. The van der Waals surface area contributed by atoms with Gasteiger partial charge in [0.05, 0.1) is 5.02 Å². The van der Waals surface area contributed by atoms with Crippen LogP contribution in [0.4, 0.5) is 0 Å². The fourth-order valence-corrected chi connectivity index (χ4v) is 2.92. The van der Waals surface area contributed by atoms with Gasteiger partial charge in [0.15, 0.2) is 0 Å². The van der Waals surface area contributed by atoms with Gasteiger partial charge in [-0.15, -0.1) is 0 Å². The van der Waals surface area contributed by atoms with Crippen molar-refractivity contribution in [2.45, 2.75) is 16.7 Å². The maximum Gasteiger partial charge on any atom is 0.123 e. The van der Waals surface area contributed by atoms with Crippen LogP contribution in [0.3, 0.4) is 0 Å². The van der Waals surface area contributed by atoms with E-state index >= 15 is 0 Å². The van der Waals surface area contributed by atoms with E-state index in [1.165, 1.54) is 11.8 Å². The van der Waals surface area contributed by atoms with Crippen LogP contribution in [0.15, 0.2) is 52.3 Å². The van der Waals surface area contributed by atoms with Crippen LogP contribution in [-0.4, -0.2) is 5.84 Å². The Morgan fingerprint density at radius 3 is 2.56 bits per heavy atom. The van der Waals surface area contributed by atoms with Crippen LogP contribution in [0.5, 0.6) is 0 Å². The summed E-state index contributed by atoms with van der Waals surface area (Å²) >= 11 is 7.67. The number of rotatable bonds is 3. The Morgan fingerprint density at radius 1 is 1.17 bits per heavy atom. The third-order valence-electron chi connectivity index (χ3n) is 2.48. The highest BCUT2D eigenvalue weighted by Gasteiger charge is 2.09. The molecule has 2 nitrogen and oxygen atoms in total. The van der Waals surface area contributed by atoms with Gasteiger partial charge in [0.2, 0.25) is 0 Å². The maximum absolute atomic E-state index is 7.60. The largest absolute Gasteiger partial charge is 0.384 e. The highest BCUT2D eigenvalue weighted by molar-refractivity contribution is 7.99. The van der Waals surface area contributed by atoms with Crippen LogP contribution in [0.25, 0.3) is 0 Å². The van der Waals surface area contributed by atoms with Gasteiger partial charge in [-0.3, -0.25) is 5.41 Å². The Balaban J connectivity index is 2.42. The molecule has 0 unspecified atom stereocenters. The number of nitrogens with two attached hydrogens (primary N) is 1. The Kier molecular flexibility index (Phi) is 3.94. The van der Waals surface area contributed by atoms with E-state index in [0.717, 1.165) is 20.9 Å². The molecule has 0 heterocycles. The number of aryl methyl sites for hydroxylation is 1. The van der Waals surface area contributed by atoms with Crippen molar-refractivity contribution in [3.63, 3.8) is 0 Å². The molecule has 0 bridgehead atoms. The van der Waals surface area contributed by atoms with Crippen molar-refractivity contribution in [3.8, 4) is 0 Å². The molecule has 0 aliphatic heterocycles. The van der Waals surface area contributed by atoms with E-state index in [4.69, 9.17) is 22.7 Å². The number of halogens is 1. The van der Waals surface area contributed by atoms with Crippen LogP contribution in [0.1, 0.15) is 11.1 Å². The summed E-state index contributed by atoms with van der Waals surface area (Å²) in [5.41, 5.74) is 7.47. The van der Waals surface area contributed by atoms with Gasteiger partial charge in [-0.25, -0.2) is 0 Å². The Hall–Kier alpha value is -1.45. The van der Waals surface area contributed by atoms with Crippen molar-refractivity contribution >= 4 is 29.2 Å². The van der Waals surface area contributed by atoms with Crippen LogP contribution in [0, 0.1) is 12.3 Å². The summed E-state index contributed by atoms with van der Waals surface area (Å²) in [7, 11) is 0. The molecule has 0 fully saturated rings. The van der Waals surface area contributed by atoms with Gasteiger partial charge in [-0.2, -0.15) is 0 Å². The summed E-state index contributed by atoms with van der Waals surface area (Å²) in [4.78, 5) is 1.92. The first-order valence-electron chi connectivity index (χ1n) is 5.45. The highest BCUT2D eigenvalue weighted by atomic mass is 35.5. The lowest BCUT2D eigenvalue weighted by Gasteiger charge is -2.10. The topological polar surface area (TPSA) is 49.9 Å². The van der Waals surface area contributed by atoms with Crippen LogP contribution in [0.2, 0.25) is 5.02 Å². The molecule has 92 valence electrons. The van der Waals surface area contributed by atoms with E-state index in [1.54, 1.807) is 0 Å². The average Bonchev–Trinajstić information content (AvgIpc) is 2.32. The number of amidine groups is 1. The average molecular weight is 277 g/mol. The first-order valence-corrected chi connectivity index (χ1v) is 6.65. The van der Waals surface area contributed by atoms with Crippen molar-refractivity contribution in [1.29, 1.82) is 5.41 Å². The van der Waals surface area contributed by atoms with Crippen LogP contribution in [-0.2, 0) is 0 Å². The molecular weight excluding hydrogens is 264 g/mol. The van der Waals surface area contributed by atoms with Crippen molar-refractivity contribution in [2.24, 2.45) is 5.73 Å². The molecule has 0 amide bonds. The fraction of sp³-hybridized carbons (Fsp3) is 0.0714. The maximum atomic E-state index is 7.60. The highest BCUT2D eigenvalue weighted by Crippen LogP contribution is 2.35. The summed E-state index contributed by atoms with van der Waals surface area (Å²) in [6.45, 7) is 2.01. The Labute approximate surface area is 116 Å². The summed E-state index contributed by atoms with van der Waals surface area (Å²) in [6.07, 6.45) is 0. The Bertz CT molecular complexity index is 596. The molecule has 2 rings (SSSR count). The molecule has 0 saturated heterocycles. The summed E-state index contributed by atoms with van der Waals surface area (Å²) in [6, 6.07) is 13.5. The second-order valence-electron chi connectivity index (χ2n) is 3.95. The van der Waals surface area contributed by atoms with E-state index in [0.29, 0.717) is 5.02 Å². The quantitative estimate of drug-likeness (QED) is 0.655. The lowest BCUT2D eigenvalue weighted by molar-refractivity contribution is 1.29. The molecule has 0 aromatic heterocycles. The van der Waals surface area contributed by atoms with Gasteiger partial charge in [0.1, 0.15) is 5.84 Å². The molecule has 18 heavy (non-hydrogen) atoms. The van der Waals surface area contributed by atoms with E-state index in [2.05, 4.69) is 0 Å². The SMILES string of the molecule is Cc1ccc(C(=N)N)c(Sc2ccccc2Cl)c1. The molecule has 2 aromatic rings. The van der Waals surface area contributed by atoms with E-state index in [9.17, 15) is 0 Å². The molecule has 4 heteroatoms. The number of nitrogens with one attached hydrogen (secondary N) is 1. The molecule has 2 aromatic carbocycles. The zero-order valence-electron chi connectivity index (χ0n) is 9.91. The first kappa shape index (κ1) is 13.0. The molecule has 0 aliphatic carbocycles. The van der Waals surface area contributed by atoms with Gasteiger partial charge < -0.3 is 5.73 Å². The summed E-state index contributed by atoms with van der Waals surface area (Å²) < 4.78 is 0. The van der Waals surface area contributed by atoms with Gasteiger partial charge in [-0.1, -0.05) is 41.6 Å². The predicted molar refractivity (Wildman–Crippen MR) is 77.8 cm³/mol.